The number of aryl methyl sites for hydroxylation is 1. The van der Waals surface area contributed by atoms with Crippen molar-refractivity contribution >= 4 is 15.9 Å². The van der Waals surface area contributed by atoms with Crippen LogP contribution in [0.15, 0.2) is 64.1 Å². The molecule has 0 aliphatic carbocycles. The first-order chi connectivity index (χ1) is 14.7. The van der Waals surface area contributed by atoms with Crippen molar-refractivity contribution in [1.29, 1.82) is 0 Å². The minimum atomic E-state index is -3.92. The number of benzene rings is 2. The number of hydrogen-bond donors (Lipinski definition) is 3. The second kappa shape index (κ2) is 9.38. The second-order valence-electron chi connectivity index (χ2n) is 6.77. The number of furan rings is 1. The molecule has 31 heavy (non-hydrogen) atoms. The highest BCUT2D eigenvalue weighted by Gasteiger charge is 2.20. The number of sulfonamides is 1. The fraction of sp³-hybridized carbons (Fsp3) is 0.190. The first-order valence-corrected chi connectivity index (χ1v) is 10.7. The Labute approximate surface area is 177 Å². The Hall–Kier alpha value is -3.08. The molecule has 0 bridgehead atoms. The summed E-state index contributed by atoms with van der Waals surface area (Å²) in [7, 11) is -3.92. The SMILES string of the molecule is Cc1ccc(S(=O)(=O)NCc2ccco2)cc1C(=O)NCC(O)c1ccc(F)cc1F. The minimum absolute atomic E-state index is 0.0554. The molecular weight excluding hydrogens is 430 g/mol. The normalized spacial score (nSPS) is 12.5. The van der Waals surface area contributed by atoms with Crippen LogP contribution >= 0.6 is 0 Å². The van der Waals surface area contributed by atoms with E-state index in [2.05, 4.69) is 10.0 Å². The molecule has 1 unspecified atom stereocenters. The van der Waals surface area contributed by atoms with E-state index in [1.165, 1.54) is 24.5 Å². The van der Waals surface area contributed by atoms with E-state index in [9.17, 15) is 27.1 Å². The Kier molecular flexibility index (Phi) is 6.84. The van der Waals surface area contributed by atoms with E-state index in [0.29, 0.717) is 17.4 Å². The van der Waals surface area contributed by atoms with E-state index in [0.717, 1.165) is 12.1 Å². The monoisotopic (exact) mass is 450 g/mol. The van der Waals surface area contributed by atoms with E-state index in [-0.39, 0.29) is 29.1 Å². The molecule has 0 aliphatic rings. The summed E-state index contributed by atoms with van der Waals surface area (Å²) >= 11 is 0. The predicted molar refractivity (Wildman–Crippen MR) is 108 cm³/mol. The van der Waals surface area contributed by atoms with Crippen LogP contribution in [0.25, 0.3) is 0 Å². The third kappa shape index (κ3) is 5.54. The highest BCUT2D eigenvalue weighted by Crippen LogP contribution is 2.19. The van der Waals surface area contributed by atoms with Crippen molar-refractivity contribution in [2.45, 2.75) is 24.5 Å². The van der Waals surface area contributed by atoms with Crippen molar-refractivity contribution in [2.75, 3.05) is 6.54 Å². The van der Waals surface area contributed by atoms with E-state index in [1.54, 1.807) is 19.1 Å². The number of rotatable bonds is 8. The van der Waals surface area contributed by atoms with Gasteiger partial charge in [-0.1, -0.05) is 12.1 Å². The van der Waals surface area contributed by atoms with Crippen LogP contribution in [0, 0.1) is 18.6 Å². The van der Waals surface area contributed by atoms with Crippen molar-refractivity contribution in [3.8, 4) is 0 Å². The lowest BCUT2D eigenvalue weighted by molar-refractivity contribution is 0.0913. The van der Waals surface area contributed by atoms with Crippen LogP contribution in [-0.2, 0) is 16.6 Å². The lowest BCUT2D eigenvalue weighted by Crippen LogP contribution is -2.30. The van der Waals surface area contributed by atoms with Crippen molar-refractivity contribution in [3.05, 3.63) is 88.9 Å². The molecule has 0 aliphatic heterocycles. The Morgan fingerprint density at radius 3 is 2.61 bits per heavy atom. The van der Waals surface area contributed by atoms with Gasteiger partial charge in [0.1, 0.15) is 17.4 Å². The largest absolute Gasteiger partial charge is 0.468 e. The summed E-state index contributed by atoms with van der Waals surface area (Å²) in [6, 6.07) is 10.0. The smallest absolute Gasteiger partial charge is 0.251 e. The van der Waals surface area contributed by atoms with Crippen molar-refractivity contribution in [3.63, 3.8) is 0 Å². The number of carbonyl (C=O) groups is 1. The zero-order valence-electron chi connectivity index (χ0n) is 16.4. The quantitative estimate of drug-likeness (QED) is 0.489. The van der Waals surface area contributed by atoms with E-state index in [1.807, 2.05) is 0 Å². The molecule has 1 atom stereocenters. The Balaban J connectivity index is 1.70. The maximum absolute atomic E-state index is 13.8. The molecule has 0 fully saturated rings. The zero-order chi connectivity index (χ0) is 22.6. The first kappa shape index (κ1) is 22.6. The zero-order valence-corrected chi connectivity index (χ0v) is 17.2. The van der Waals surface area contributed by atoms with Gasteiger partial charge in [-0.15, -0.1) is 0 Å². The number of hydrogen-bond acceptors (Lipinski definition) is 5. The van der Waals surface area contributed by atoms with Gasteiger partial charge in [0.05, 0.1) is 23.8 Å². The molecule has 3 N–H and O–H groups in total. The average molecular weight is 450 g/mol. The third-order valence-electron chi connectivity index (χ3n) is 4.56. The molecule has 0 radical (unpaired) electrons. The van der Waals surface area contributed by atoms with E-state index in [4.69, 9.17) is 4.42 Å². The average Bonchev–Trinajstić information content (AvgIpc) is 3.24. The molecule has 0 saturated heterocycles. The summed E-state index contributed by atoms with van der Waals surface area (Å²) in [5.41, 5.74) is 0.412. The van der Waals surface area contributed by atoms with Crippen LogP contribution in [0.4, 0.5) is 8.78 Å². The number of amides is 1. The van der Waals surface area contributed by atoms with Crippen molar-refractivity contribution < 1.29 is 31.5 Å². The van der Waals surface area contributed by atoms with Crippen molar-refractivity contribution in [2.24, 2.45) is 0 Å². The van der Waals surface area contributed by atoms with Crippen LogP contribution in [-0.4, -0.2) is 26.0 Å². The first-order valence-electron chi connectivity index (χ1n) is 9.21. The molecule has 7 nitrogen and oxygen atoms in total. The van der Waals surface area contributed by atoms with Crippen LogP contribution in [0.2, 0.25) is 0 Å². The van der Waals surface area contributed by atoms with Gasteiger partial charge in [-0.05, 0) is 42.8 Å². The minimum Gasteiger partial charge on any atom is -0.468 e. The number of nitrogens with one attached hydrogen (secondary N) is 2. The molecule has 2 aromatic carbocycles. The summed E-state index contributed by atoms with van der Waals surface area (Å²) in [5, 5.41) is 12.5. The Morgan fingerprint density at radius 2 is 1.94 bits per heavy atom. The van der Waals surface area contributed by atoms with Gasteiger partial charge in [0.2, 0.25) is 10.0 Å². The molecule has 1 aromatic heterocycles. The van der Waals surface area contributed by atoms with Gasteiger partial charge in [-0.25, -0.2) is 21.9 Å². The van der Waals surface area contributed by atoms with Gasteiger partial charge in [-0.3, -0.25) is 4.79 Å². The fourth-order valence-electron chi connectivity index (χ4n) is 2.84. The summed E-state index contributed by atoms with van der Waals surface area (Å²) in [5.74, 6) is -1.95. The van der Waals surface area contributed by atoms with Crippen LogP contribution in [0.5, 0.6) is 0 Å². The highest BCUT2D eigenvalue weighted by molar-refractivity contribution is 7.89. The fourth-order valence-corrected chi connectivity index (χ4v) is 3.86. The number of carbonyl (C=O) groups excluding carboxylic acids is 1. The van der Waals surface area contributed by atoms with Gasteiger partial charge >= 0.3 is 0 Å². The second-order valence-corrected chi connectivity index (χ2v) is 8.54. The van der Waals surface area contributed by atoms with Gasteiger partial charge in [-0.2, -0.15) is 0 Å². The molecule has 3 aromatic rings. The summed E-state index contributed by atoms with van der Waals surface area (Å²) in [4.78, 5) is 12.4. The number of halogens is 2. The molecule has 3 rings (SSSR count). The molecule has 10 heteroatoms. The van der Waals surface area contributed by atoms with Gasteiger partial charge in [0.15, 0.2) is 0 Å². The Morgan fingerprint density at radius 1 is 1.16 bits per heavy atom. The molecule has 0 spiro atoms. The highest BCUT2D eigenvalue weighted by atomic mass is 32.2. The van der Waals surface area contributed by atoms with E-state index < -0.39 is 33.7 Å². The predicted octanol–water partition coefficient (Wildman–Crippen LogP) is 2.81. The summed E-state index contributed by atoms with van der Waals surface area (Å²) in [6.07, 6.45) is 0.0104. The van der Waals surface area contributed by atoms with Crippen LogP contribution in [0.1, 0.15) is 33.3 Å². The lowest BCUT2D eigenvalue weighted by Gasteiger charge is -2.15. The molecule has 164 valence electrons. The number of aliphatic hydroxyl groups excluding tert-OH is 1. The van der Waals surface area contributed by atoms with E-state index >= 15 is 0 Å². The third-order valence-corrected chi connectivity index (χ3v) is 5.96. The van der Waals surface area contributed by atoms with Gasteiger partial charge < -0.3 is 14.8 Å². The van der Waals surface area contributed by atoms with Crippen molar-refractivity contribution in [1.82, 2.24) is 10.0 Å². The molecular formula is C21H20F2N2O5S. The van der Waals surface area contributed by atoms with Gasteiger partial charge in [0, 0.05) is 23.7 Å². The maximum Gasteiger partial charge on any atom is 0.251 e. The number of aliphatic hydroxyl groups is 1. The lowest BCUT2D eigenvalue weighted by atomic mass is 10.1. The molecule has 1 heterocycles. The van der Waals surface area contributed by atoms with Gasteiger partial charge in [0.25, 0.3) is 5.91 Å². The Bertz CT molecular complexity index is 1180. The van der Waals surface area contributed by atoms with Crippen LogP contribution in [0.3, 0.4) is 0 Å². The summed E-state index contributed by atoms with van der Waals surface area (Å²) < 4.78 is 59.3. The molecule has 0 saturated carbocycles. The van der Waals surface area contributed by atoms with Crippen LogP contribution < -0.4 is 10.0 Å². The standard InChI is InChI=1S/C21H20F2N2O5S/c1-13-4-6-16(31(28,29)25-11-15-3-2-8-30-15)10-18(13)21(27)24-12-20(26)17-7-5-14(22)9-19(17)23/h2-10,20,25-26H,11-12H2,1H3,(H,24,27). The molecule has 1 amide bonds. The summed E-state index contributed by atoms with van der Waals surface area (Å²) in [6.45, 7) is 1.21. The maximum atomic E-state index is 13.8. The topological polar surface area (TPSA) is 109 Å².